The van der Waals surface area contributed by atoms with E-state index in [1.54, 1.807) is 12.1 Å². The molecule has 29 heavy (non-hydrogen) atoms. The molecule has 11 nitrogen and oxygen atoms in total. The van der Waals surface area contributed by atoms with Crippen LogP contribution < -0.4 is 21.7 Å². The van der Waals surface area contributed by atoms with Crippen LogP contribution in [0.2, 0.25) is 0 Å². The molecule has 0 aromatic heterocycles. The van der Waals surface area contributed by atoms with Crippen LogP contribution in [0.5, 0.6) is 5.75 Å². The molecule has 8 N–H and O–H groups in total. The maximum atomic E-state index is 12.0. The number of amides is 3. The van der Waals surface area contributed by atoms with Crippen molar-refractivity contribution in [2.75, 3.05) is 6.54 Å². The van der Waals surface area contributed by atoms with Crippen LogP contribution in [0, 0.1) is 0 Å². The Hall–Kier alpha value is -3.18. The van der Waals surface area contributed by atoms with Gasteiger partial charge in [0.1, 0.15) is 17.8 Å². The number of carbonyl (C=O) groups excluding carboxylic acids is 3. The van der Waals surface area contributed by atoms with Gasteiger partial charge in [0.25, 0.3) is 0 Å². The van der Waals surface area contributed by atoms with Gasteiger partial charge in [-0.25, -0.2) is 0 Å². The molecule has 0 radical (unpaired) electrons. The highest BCUT2D eigenvalue weighted by atomic mass is 16.4. The average Bonchev–Trinajstić information content (AvgIpc) is 2.65. The Morgan fingerprint density at radius 1 is 1.03 bits per heavy atom. The van der Waals surface area contributed by atoms with Crippen LogP contribution in [0.4, 0.5) is 0 Å². The van der Waals surface area contributed by atoms with Crippen molar-refractivity contribution in [3.63, 3.8) is 0 Å². The largest absolute Gasteiger partial charge is 0.508 e. The average molecular weight is 410 g/mol. The molecule has 0 fully saturated rings. The van der Waals surface area contributed by atoms with Crippen molar-refractivity contribution in [1.29, 1.82) is 0 Å². The summed E-state index contributed by atoms with van der Waals surface area (Å²) in [5.74, 6) is -3.44. The molecule has 0 aliphatic heterocycles. The third-order valence-corrected chi connectivity index (χ3v) is 3.96. The minimum Gasteiger partial charge on any atom is -0.508 e. The van der Waals surface area contributed by atoms with Crippen LogP contribution in [0.25, 0.3) is 0 Å². The van der Waals surface area contributed by atoms with Gasteiger partial charge in [-0.1, -0.05) is 12.1 Å². The van der Waals surface area contributed by atoms with Crippen LogP contribution in [0.3, 0.4) is 0 Å². The molecule has 0 aliphatic carbocycles. The lowest BCUT2D eigenvalue weighted by atomic mass is 10.1. The molecule has 0 aliphatic rings. The van der Waals surface area contributed by atoms with E-state index >= 15 is 0 Å². The first-order valence-electron chi connectivity index (χ1n) is 8.83. The van der Waals surface area contributed by atoms with Crippen molar-refractivity contribution in [2.45, 2.75) is 44.5 Å². The third kappa shape index (κ3) is 8.15. The number of carboxylic acids is 1. The van der Waals surface area contributed by atoms with Gasteiger partial charge in [0, 0.05) is 0 Å². The fourth-order valence-electron chi connectivity index (χ4n) is 2.27. The lowest BCUT2D eigenvalue weighted by Gasteiger charge is -2.22. The molecule has 4 atom stereocenters. The van der Waals surface area contributed by atoms with Gasteiger partial charge in [-0.2, -0.15) is 0 Å². The monoisotopic (exact) mass is 410 g/mol. The van der Waals surface area contributed by atoms with Crippen molar-refractivity contribution < 1.29 is 34.5 Å². The first kappa shape index (κ1) is 23.9. The van der Waals surface area contributed by atoms with Gasteiger partial charge >= 0.3 is 5.97 Å². The lowest BCUT2D eigenvalue weighted by Crippen LogP contribution is -2.57. The summed E-state index contributed by atoms with van der Waals surface area (Å²) in [4.78, 5) is 46.9. The Labute approximate surface area is 167 Å². The smallest absolute Gasteiger partial charge is 0.325 e. The number of nitrogens with two attached hydrogens (primary N) is 1. The van der Waals surface area contributed by atoms with Gasteiger partial charge < -0.3 is 37.0 Å². The number of carboxylic acid groups (broad SMARTS) is 1. The predicted octanol–water partition coefficient (Wildman–Crippen LogP) is -2.17. The normalized spacial score (nSPS) is 14.8. The zero-order chi connectivity index (χ0) is 22.1. The number of hydrogen-bond acceptors (Lipinski definition) is 7. The number of aliphatic hydroxyl groups is 1. The number of rotatable bonds is 10. The molecule has 11 heteroatoms. The summed E-state index contributed by atoms with van der Waals surface area (Å²) in [5, 5.41) is 34.4. The van der Waals surface area contributed by atoms with E-state index in [2.05, 4.69) is 16.0 Å². The van der Waals surface area contributed by atoms with Crippen molar-refractivity contribution in [1.82, 2.24) is 16.0 Å². The van der Waals surface area contributed by atoms with Gasteiger partial charge in [0.05, 0.1) is 18.7 Å². The van der Waals surface area contributed by atoms with E-state index in [-0.39, 0.29) is 12.2 Å². The minimum atomic E-state index is -1.40. The highest BCUT2D eigenvalue weighted by molar-refractivity contribution is 5.92. The van der Waals surface area contributed by atoms with Gasteiger partial charge in [-0.3, -0.25) is 19.2 Å². The van der Waals surface area contributed by atoms with Crippen LogP contribution in [0.1, 0.15) is 19.4 Å². The standard InChI is InChI=1S/C18H26N4O7/c1-9(18(28)29)21-17(27)15(10(2)23)22-14(25)8-20-16(26)13(19)7-11-3-5-12(24)6-4-11/h3-6,9-10,13,15,23-24H,7-8,19H2,1-2H3,(H,20,26)(H,21,27)(H,22,25)(H,28,29). The van der Waals surface area contributed by atoms with Crippen molar-refractivity contribution in [2.24, 2.45) is 5.73 Å². The number of aromatic hydroxyl groups is 1. The van der Waals surface area contributed by atoms with Gasteiger partial charge in [-0.15, -0.1) is 0 Å². The fraction of sp³-hybridized carbons (Fsp3) is 0.444. The Morgan fingerprint density at radius 2 is 1.62 bits per heavy atom. The Bertz CT molecular complexity index is 736. The zero-order valence-electron chi connectivity index (χ0n) is 16.1. The summed E-state index contributed by atoms with van der Waals surface area (Å²) in [7, 11) is 0. The maximum absolute atomic E-state index is 12.0. The number of benzene rings is 1. The molecule has 0 saturated heterocycles. The molecule has 4 unspecified atom stereocenters. The quantitative estimate of drug-likeness (QED) is 0.227. The number of carbonyl (C=O) groups is 4. The minimum absolute atomic E-state index is 0.0814. The number of aliphatic hydroxyl groups excluding tert-OH is 1. The molecule has 0 spiro atoms. The highest BCUT2D eigenvalue weighted by Crippen LogP contribution is 2.10. The van der Waals surface area contributed by atoms with Crippen LogP contribution in [-0.2, 0) is 25.6 Å². The Balaban J connectivity index is 2.53. The van der Waals surface area contributed by atoms with E-state index < -0.39 is 54.5 Å². The number of phenols is 1. The van der Waals surface area contributed by atoms with Crippen LogP contribution >= 0.6 is 0 Å². The predicted molar refractivity (Wildman–Crippen MR) is 102 cm³/mol. The Kier molecular flexibility index (Phi) is 9.03. The Morgan fingerprint density at radius 3 is 2.14 bits per heavy atom. The molecule has 1 rings (SSSR count). The summed E-state index contributed by atoms with van der Waals surface area (Å²) in [6.07, 6.45) is -1.12. The van der Waals surface area contributed by atoms with Crippen LogP contribution in [0.15, 0.2) is 24.3 Å². The number of phenolic OH excluding ortho intramolecular Hbond substituents is 1. The lowest BCUT2D eigenvalue weighted by molar-refractivity contribution is -0.142. The molecule has 0 bridgehead atoms. The summed E-state index contributed by atoms with van der Waals surface area (Å²) in [6.45, 7) is 1.99. The molecular weight excluding hydrogens is 384 g/mol. The molecule has 0 heterocycles. The van der Waals surface area contributed by atoms with Crippen LogP contribution in [-0.4, -0.2) is 69.8 Å². The molecule has 160 valence electrons. The maximum Gasteiger partial charge on any atom is 0.325 e. The second kappa shape index (κ2) is 11.0. The molecule has 0 saturated carbocycles. The van der Waals surface area contributed by atoms with E-state index in [4.69, 9.17) is 10.8 Å². The summed E-state index contributed by atoms with van der Waals surface area (Å²) in [5.41, 5.74) is 6.50. The van der Waals surface area contributed by atoms with E-state index in [0.717, 1.165) is 0 Å². The summed E-state index contributed by atoms with van der Waals surface area (Å²) < 4.78 is 0. The second-order valence-corrected chi connectivity index (χ2v) is 6.55. The molecular formula is C18H26N4O7. The summed E-state index contributed by atoms with van der Waals surface area (Å²) in [6, 6.07) is 2.59. The topological polar surface area (TPSA) is 191 Å². The number of nitrogens with one attached hydrogen (secondary N) is 3. The summed E-state index contributed by atoms with van der Waals surface area (Å²) >= 11 is 0. The zero-order valence-corrected chi connectivity index (χ0v) is 16.1. The number of hydrogen-bond donors (Lipinski definition) is 7. The molecule has 1 aromatic rings. The second-order valence-electron chi connectivity index (χ2n) is 6.55. The first-order chi connectivity index (χ1) is 13.5. The molecule has 1 aromatic carbocycles. The van der Waals surface area contributed by atoms with Gasteiger partial charge in [-0.05, 0) is 38.0 Å². The fourth-order valence-corrected chi connectivity index (χ4v) is 2.27. The van der Waals surface area contributed by atoms with E-state index in [9.17, 15) is 29.4 Å². The third-order valence-electron chi connectivity index (χ3n) is 3.96. The van der Waals surface area contributed by atoms with Crippen molar-refractivity contribution in [3.05, 3.63) is 29.8 Å². The van der Waals surface area contributed by atoms with Crippen molar-refractivity contribution >= 4 is 23.7 Å². The first-order valence-corrected chi connectivity index (χ1v) is 8.83. The van der Waals surface area contributed by atoms with E-state index in [1.165, 1.54) is 26.0 Å². The van der Waals surface area contributed by atoms with Gasteiger partial charge in [0.15, 0.2) is 0 Å². The number of aliphatic carboxylic acids is 1. The van der Waals surface area contributed by atoms with E-state index in [0.29, 0.717) is 5.56 Å². The van der Waals surface area contributed by atoms with Crippen molar-refractivity contribution in [3.8, 4) is 5.75 Å². The van der Waals surface area contributed by atoms with E-state index in [1.807, 2.05) is 0 Å². The molecule has 3 amide bonds. The highest BCUT2D eigenvalue weighted by Gasteiger charge is 2.28. The van der Waals surface area contributed by atoms with Gasteiger partial charge in [0.2, 0.25) is 17.7 Å². The SMILES string of the molecule is CC(NC(=O)C(NC(=O)CNC(=O)C(N)Cc1ccc(O)cc1)C(C)O)C(=O)O.